The smallest absolute Gasteiger partial charge is 0.365 e. The van der Waals surface area contributed by atoms with Crippen LogP contribution in [-0.4, -0.2) is 54.6 Å². The summed E-state index contributed by atoms with van der Waals surface area (Å²) in [6.45, 7) is 3.49. The summed E-state index contributed by atoms with van der Waals surface area (Å²) in [5.74, 6) is -0.543. The Morgan fingerprint density at radius 1 is 1.00 bits per heavy atom. The Kier molecular flexibility index (Phi) is 7.46. The van der Waals surface area contributed by atoms with E-state index in [-0.39, 0.29) is 11.9 Å². The van der Waals surface area contributed by atoms with Gasteiger partial charge in [0, 0.05) is 56.7 Å². The van der Waals surface area contributed by atoms with Crippen molar-refractivity contribution in [3.63, 3.8) is 0 Å². The summed E-state index contributed by atoms with van der Waals surface area (Å²) < 4.78 is 40.3. The zero-order chi connectivity index (χ0) is 25.8. The molecular weight excluding hydrogens is 477 g/mol. The van der Waals surface area contributed by atoms with Gasteiger partial charge in [-0.3, -0.25) is 14.7 Å². The second kappa shape index (κ2) is 10.9. The van der Waals surface area contributed by atoms with Crippen LogP contribution in [0.1, 0.15) is 22.4 Å². The molecule has 1 saturated heterocycles. The van der Waals surface area contributed by atoms with Gasteiger partial charge in [-0.25, -0.2) is 0 Å². The molecule has 0 radical (unpaired) electrons. The lowest BCUT2D eigenvalue weighted by atomic mass is 9.82. The van der Waals surface area contributed by atoms with Crippen LogP contribution in [0.5, 0.6) is 0 Å². The van der Waals surface area contributed by atoms with E-state index in [2.05, 4.69) is 32.2 Å². The predicted molar refractivity (Wildman–Crippen MR) is 137 cm³/mol. The zero-order valence-corrected chi connectivity index (χ0v) is 20.6. The Bertz CT molecular complexity index is 1200. The number of carbonyl (C=O) groups is 1. The Hall–Kier alpha value is -3.39. The Morgan fingerprint density at radius 2 is 1.81 bits per heavy atom. The summed E-state index contributed by atoms with van der Waals surface area (Å²) in [5, 5.41) is 3.04. The number of anilines is 1. The number of amides is 1. The van der Waals surface area contributed by atoms with Crippen molar-refractivity contribution in [2.75, 3.05) is 37.6 Å². The topological polar surface area (TPSA) is 48.5 Å². The summed E-state index contributed by atoms with van der Waals surface area (Å²) in [6.07, 6.45) is -0.881. The summed E-state index contributed by atoms with van der Waals surface area (Å²) in [7, 11) is 0. The number of piperazine rings is 1. The van der Waals surface area contributed by atoms with Crippen molar-refractivity contribution in [2.24, 2.45) is 5.92 Å². The second-order valence-electron chi connectivity index (χ2n) is 9.81. The summed E-state index contributed by atoms with van der Waals surface area (Å²) >= 11 is 0. The van der Waals surface area contributed by atoms with Crippen LogP contribution in [0.15, 0.2) is 72.9 Å². The number of benzene rings is 2. The van der Waals surface area contributed by atoms with Gasteiger partial charge in [0.2, 0.25) is 5.91 Å². The van der Waals surface area contributed by atoms with Gasteiger partial charge in [-0.15, -0.1) is 0 Å². The standard InChI is InChI=1S/C29H31F3N4O/c30-29(31,32)23-9-10-26-22(18-23)19-25(28(37)34-14-11-24-8-4-5-13-33-24)27-20-35(16-17-36(26)27)15-12-21-6-2-1-3-7-21/h1-10,13,18,25,27H,11-12,14-17,19-20H2,(H,34,37)/t25-,27+/m1/s1. The first-order valence-electron chi connectivity index (χ1n) is 12.8. The molecular formula is C29H31F3N4O. The molecule has 3 aromatic rings. The lowest BCUT2D eigenvalue weighted by molar-refractivity contribution is -0.137. The number of aromatic nitrogens is 1. The lowest BCUT2D eigenvalue weighted by Crippen LogP contribution is -2.61. The third kappa shape index (κ3) is 5.96. The molecule has 0 bridgehead atoms. The molecule has 0 aliphatic carbocycles. The highest BCUT2D eigenvalue weighted by molar-refractivity contribution is 5.82. The predicted octanol–water partition coefficient (Wildman–Crippen LogP) is 4.36. The maximum absolute atomic E-state index is 13.4. The van der Waals surface area contributed by atoms with E-state index < -0.39 is 17.7 Å². The van der Waals surface area contributed by atoms with E-state index in [1.165, 1.54) is 11.6 Å². The Balaban J connectivity index is 1.33. The number of alkyl halides is 3. The van der Waals surface area contributed by atoms with Crippen molar-refractivity contribution in [3.05, 3.63) is 95.3 Å². The number of pyridine rings is 1. The van der Waals surface area contributed by atoms with Crippen LogP contribution in [0.2, 0.25) is 0 Å². The van der Waals surface area contributed by atoms with Crippen LogP contribution >= 0.6 is 0 Å². The molecule has 194 valence electrons. The summed E-state index contributed by atoms with van der Waals surface area (Å²) in [6, 6.07) is 19.8. The van der Waals surface area contributed by atoms with Gasteiger partial charge in [-0.1, -0.05) is 36.4 Å². The minimum atomic E-state index is -4.41. The number of hydrogen-bond donors (Lipinski definition) is 1. The number of carbonyl (C=O) groups excluding carboxylic acids is 1. The molecule has 3 heterocycles. The Labute approximate surface area is 215 Å². The lowest BCUT2D eigenvalue weighted by Gasteiger charge is -2.49. The molecule has 5 rings (SSSR count). The number of rotatable bonds is 7. The highest BCUT2D eigenvalue weighted by Crippen LogP contribution is 2.39. The van der Waals surface area contributed by atoms with Crippen LogP contribution in [0.4, 0.5) is 18.9 Å². The van der Waals surface area contributed by atoms with E-state index in [1.54, 1.807) is 12.3 Å². The van der Waals surface area contributed by atoms with E-state index in [0.29, 0.717) is 38.0 Å². The van der Waals surface area contributed by atoms with Crippen molar-refractivity contribution in [2.45, 2.75) is 31.5 Å². The second-order valence-corrected chi connectivity index (χ2v) is 9.81. The Morgan fingerprint density at radius 3 is 2.57 bits per heavy atom. The molecule has 1 fully saturated rings. The van der Waals surface area contributed by atoms with Crippen molar-refractivity contribution in [3.8, 4) is 0 Å². The fourth-order valence-electron chi connectivity index (χ4n) is 5.48. The van der Waals surface area contributed by atoms with E-state index in [9.17, 15) is 18.0 Å². The van der Waals surface area contributed by atoms with Gasteiger partial charge in [0.15, 0.2) is 0 Å². The molecule has 1 amide bonds. The molecule has 2 aliphatic heterocycles. The quantitative estimate of drug-likeness (QED) is 0.515. The summed E-state index contributed by atoms with van der Waals surface area (Å²) in [5.41, 5.74) is 2.90. The van der Waals surface area contributed by atoms with Crippen LogP contribution in [-0.2, 0) is 30.2 Å². The average Bonchev–Trinajstić information content (AvgIpc) is 2.91. The number of nitrogens with one attached hydrogen (secondary N) is 1. The molecule has 2 aliphatic rings. The first-order chi connectivity index (χ1) is 17.9. The van der Waals surface area contributed by atoms with E-state index >= 15 is 0 Å². The maximum Gasteiger partial charge on any atom is 0.416 e. The molecule has 1 aromatic heterocycles. The first kappa shape index (κ1) is 25.3. The van der Waals surface area contributed by atoms with Gasteiger partial charge in [-0.05, 0) is 54.3 Å². The minimum absolute atomic E-state index is 0.0939. The highest BCUT2D eigenvalue weighted by Gasteiger charge is 2.42. The normalized spacial score (nSPS) is 19.7. The number of fused-ring (bicyclic) bond motifs is 3. The van der Waals surface area contributed by atoms with Crippen LogP contribution < -0.4 is 10.2 Å². The minimum Gasteiger partial charge on any atom is -0.365 e. The van der Waals surface area contributed by atoms with Gasteiger partial charge < -0.3 is 10.2 Å². The SMILES string of the molecule is O=C(NCCc1ccccn1)[C@@H]1Cc2cc(C(F)(F)F)ccc2N2CCN(CCc3ccccc3)C[C@@H]12. The number of nitrogens with zero attached hydrogens (tertiary/aromatic N) is 3. The molecule has 37 heavy (non-hydrogen) atoms. The van der Waals surface area contributed by atoms with Gasteiger partial charge in [-0.2, -0.15) is 13.2 Å². The molecule has 0 saturated carbocycles. The fraction of sp³-hybridized carbons (Fsp3) is 0.379. The van der Waals surface area contributed by atoms with Gasteiger partial charge in [0.1, 0.15) is 0 Å². The maximum atomic E-state index is 13.4. The van der Waals surface area contributed by atoms with Crippen LogP contribution in [0, 0.1) is 5.92 Å². The van der Waals surface area contributed by atoms with Gasteiger partial charge in [0.25, 0.3) is 0 Å². The van der Waals surface area contributed by atoms with Crippen LogP contribution in [0.25, 0.3) is 0 Å². The fourth-order valence-corrected chi connectivity index (χ4v) is 5.48. The van der Waals surface area contributed by atoms with Crippen LogP contribution in [0.3, 0.4) is 0 Å². The van der Waals surface area contributed by atoms with Crippen molar-refractivity contribution in [1.29, 1.82) is 0 Å². The number of hydrogen-bond acceptors (Lipinski definition) is 4. The molecule has 0 spiro atoms. The molecule has 5 nitrogen and oxygen atoms in total. The van der Waals surface area contributed by atoms with E-state index in [4.69, 9.17) is 0 Å². The van der Waals surface area contributed by atoms with E-state index in [1.807, 2.05) is 36.4 Å². The van der Waals surface area contributed by atoms with Crippen molar-refractivity contribution >= 4 is 11.6 Å². The van der Waals surface area contributed by atoms with E-state index in [0.717, 1.165) is 37.0 Å². The molecule has 8 heteroatoms. The first-order valence-corrected chi connectivity index (χ1v) is 12.8. The molecule has 0 unspecified atom stereocenters. The monoisotopic (exact) mass is 508 g/mol. The number of halogens is 3. The van der Waals surface area contributed by atoms with Gasteiger partial charge >= 0.3 is 6.18 Å². The third-order valence-electron chi connectivity index (χ3n) is 7.43. The summed E-state index contributed by atoms with van der Waals surface area (Å²) in [4.78, 5) is 22.2. The largest absolute Gasteiger partial charge is 0.416 e. The highest BCUT2D eigenvalue weighted by atomic mass is 19.4. The molecule has 2 atom stereocenters. The van der Waals surface area contributed by atoms with Crippen molar-refractivity contribution < 1.29 is 18.0 Å². The third-order valence-corrected chi connectivity index (χ3v) is 7.43. The van der Waals surface area contributed by atoms with Crippen molar-refractivity contribution in [1.82, 2.24) is 15.2 Å². The zero-order valence-electron chi connectivity index (χ0n) is 20.6. The van der Waals surface area contributed by atoms with Gasteiger partial charge in [0.05, 0.1) is 17.5 Å². The average molecular weight is 509 g/mol. The molecule has 2 aromatic carbocycles. The molecule has 1 N–H and O–H groups in total.